The lowest BCUT2D eigenvalue weighted by molar-refractivity contribution is -0.384. The number of phenolic OH excluding ortho intramolecular Hbond substituents is 2. The minimum Gasteiger partial charge on any atom is -0.507 e. The van der Waals surface area contributed by atoms with Gasteiger partial charge in [0.25, 0.3) is 5.69 Å². The number of hydrogen-bond acceptors (Lipinski definition) is 13. The first-order valence-corrected chi connectivity index (χ1v) is 15.3. The summed E-state index contributed by atoms with van der Waals surface area (Å²) in [6, 6.07) is 9.78. The fourth-order valence-corrected chi connectivity index (χ4v) is 6.86. The van der Waals surface area contributed by atoms with Crippen molar-refractivity contribution in [1.29, 1.82) is 0 Å². The van der Waals surface area contributed by atoms with Crippen LogP contribution in [-0.4, -0.2) is 79.9 Å². The molecule has 1 heterocycles. The van der Waals surface area contributed by atoms with Crippen LogP contribution in [0.15, 0.2) is 42.5 Å². The Morgan fingerprint density at radius 2 is 1.78 bits per heavy atom. The van der Waals surface area contributed by atoms with Gasteiger partial charge in [-0.25, -0.2) is 0 Å². The molecule has 14 nitrogen and oxygen atoms in total. The zero-order chi connectivity index (χ0) is 34.7. The largest absolute Gasteiger partial charge is 0.507 e. The third-order valence-electron chi connectivity index (χ3n) is 9.44. The molecular weight excluding hydrogens is 676 g/mol. The van der Waals surface area contributed by atoms with E-state index in [-0.39, 0.29) is 72.9 Å². The van der Waals surface area contributed by atoms with Crippen molar-refractivity contribution < 1.29 is 53.9 Å². The maximum atomic E-state index is 13.8. The first kappa shape index (κ1) is 38.4. The van der Waals surface area contributed by atoms with Crippen molar-refractivity contribution in [3.63, 3.8) is 0 Å². The number of nitro groups is 1. The van der Waals surface area contributed by atoms with Crippen LogP contribution in [0.1, 0.15) is 88.8 Å². The summed E-state index contributed by atoms with van der Waals surface area (Å²) in [6.45, 7) is 2.94. The Kier molecular flexibility index (Phi) is 11.1. The molecule has 4 unspecified atom stereocenters. The Bertz CT molecular complexity index is 1870. The maximum Gasteiger partial charge on any atom is 0.269 e. The summed E-state index contributed by atoms with van der Waals surface area (Å²) in [5.41, 5.74) is -2.81. The predicted molar refractivity (Wildman–Crippen MR) is 180 cm³/mol. The summed E-state index contributed by atoms with van der Waals surface area (Å²) >= 11 is 0. The average Bonchev–Trinajstić information content (AvgIpc) is 3.05. The van der Waals surface area contributed by atoms with E-state index in [1.807, 2.05) is 0 Å². The van der Waals surface area contributed by atoms with E-state index in [1.165, 1.54) is 37.4 Å². The van der Waals surface area contributed by atoms with Gasteiger partial charge >= 0.3 is 0 Å². The molecule has 0 spiro atoms. The van der Waals surface area contributed by atoms with Crippen molar-refractivity contribution in [1.82, 2.24) is 5.32 Å². The molecule has 6 atom stereocenters. The van der Waals surface area contributed by atoms with E-state index in [0.717, 1.165) is 6.92 Å². The van der Waals surface area contributed by atoms with Gasteiger partial charge in [0.05, 0.1) is 47.0 Å². The van der Waals surface area contributed by atoms with Crippen molar-refractivity contribution in [2.45, 2.75) is 83.3 Å². The molecule has 1 fully saturated rings. The predicted octanol–water partition coefficient (Wildman–Crippen LogP) is 3.83. The Labute approximate surface area is 293 Å². The number of carbonyl (C=O) groups excluding carboxylic acids is 3. The minimum absolute atomic E-state index is 0. The quantitative estimate of drug-likeness (QED) is 0.0998. The second-order valence-electron chi connectivity index (χ2n) is 12.4. The number of carbonyl (C=O) groups is 3. The van der Waals surface area contributed by atoms with Gasteiger partial charge in [-0.1, -0.05) is 31.7 Å². The first-order valence-electron chi connectivity index (χ1n) is 15.3. The van der Waals surface area contributed by atoms with Gasteiger partial charge in [-0.3, -0.25) is 24.5 Å². The van der Waals surface area contributed by atoms with E-state index in [0.29, 0.717) is 5.56 Å². The van der Waals surface area contributed by atoms with Crippen LogP contribution in [0.5, 0.6) is 17.2 Å². The summed E-state index contributed by atoms with van der Waals surface area (Å²) < 4.78 is 17.5. The molecule has 0 aromatic heterocycles. The molecule has 0 bridgehead atoms. The molecule has 1 saturated heterocycles. The van der Waals surface area contributed by atoms with Crippen molar-refractivity contribution >= 4 is 35.4 Å². The summed E-state index contributed by atoms with van der Waals surface area (Å²) in [7, 11) is 1.33. The molecule has 2 aliphatic carbocycles. The number of hydrogen-bond donors (Lipinski definition) is 5. The second kappa shape index (κ2) is 14.4. The number of aliphatic hydroxyl groups excluding tert-OH is 1. The highest BCUT2D eigenvalue weighted by atomic mass is 35.5. The number of nitrogens with one attached hydrogen (secondary N) is 1. The Hall–Kier alpha value is -4.44. The van der Waals surface area contributed by atoms with Crippen molar-refractivity contribution in [2.75, 3.05) is 7.11 Å². The summed E-state index contributed by atoms with van der Waals surface area (Å²) in [5, 5.41) is 59.9. The smallest absolute Gasteiger partial charge is 0.269 e. The van der Waals surface area contributed by atoms with E-state index in [2.05, 4.69) is 5.32 Å². The second-order valence-corrected chi connectivity index (χ2v) is 12.4. The van der Waals surface area contributed by atoms with Gasteiger partial charge in [-0.15, -0.1) is 12.4 Å². The van der Waals surface area contributed by atoms with E-state index in [1.54, 1.807) is 19.1 Å². The highest BCUT2D eigenvalue weighted by Crippen LogP contribution is 2.52. The zero-order valence-electron chi connectivity index (χ0n) is 26.7. The number of phenols is 2. The molecule has 50 heavy (non-hydrogen) atoms. The normalized spacial score (nSPS) is 25.3. The molecule has 3 aromatic rings. The number of aromatic hydroxyl groups is 2. The number of benzene rings is 3. The van der Waals surface area contributed by atoms with Gasteiger partial charge in [0.1, 0.15) is 22.8 Å². The highest BCUT2D eigenvalue weighted by Gasteiger charge is 2.49. The van der Waals surface area contributed by atoms with Gasteiger partial charge in [-0.05, 0) is 25.5 Å². The number of fused-ring (bicyclic) bond motifs is 3. The standard InChI is InChI=1S/C34H34N2O12.CH4.ClH/c1-15-29(38)21(35-14-17-6-4-7-18(10-17)36(44)45)11-24(47-15)48-23-13-34(43,16(2)37)12-20-26(23)33(42)28-27(31(20)40)30(39)19-8-5-9-22(46-3)25(19)32(28)41;;/h4-10,15,21,23-24,29,35,38,40,42-43H,11-14H2,1-3H3;1H4;1H/t15?,21?,23-,24?,29?,34-;;/m0../s1. The minimum atomic E-state index is -2.07. The third-order valence-corrected chi connectivity index (χ3v) is 9.44. The monoisotopic (exact) mass is 714 g/mol. The molecule has 0 amide bonds. The summed E-state index contributed by atoms with van der Waals surface area (Å²) in [6.07, 6.45) is -5.02. The lowest BCUT2D eigenvalue weighted by Crippen LogP contribution is -2.54. The van der Waals surface area contributed by atoms with Gasteiger partial charge in [0, 0.05) is 60.7 Å². The molecule has 0 radical (unpaired) electrons. The Morgan fingerprint density at radius 3 is 2.44 bits per heavy atom. The number of ketones is 3. The maximum absolute atomic E-state index is 13.8. The molecule has 6 rings (SSSR count). The molecular formula is C35H39ClN2O12. The number of non-ortho nitro benzene ring substituents is 1. The van der Waals surface area contributed by atoms with Gasteiger partial charge in [0.2, 0.25) is 5.78 Å². The van der Waals surface area contributed by atoms with Gasteiger partial charge in [-0.2, -0.15) is 0 Å². The number of nitro benzene ring substituents is 1. The number of methoxy groups -OCH3 is 1. The summed E-state index contributed by atoms with van der Waals surface area (Å²) in [5.74, 6) is -3.39. The van der Waals surface area contributed by atoms with Crippen LogP contribution in [0.2, 0.25) is 0 Å². The number of halogens is 1. The van der Waals surface area contributed by atoms with Gasteiger partial charge < -0.3 is 40.0 Å². The van der Waals surface area contributed by atoms with Crippen LogP contribution < -0.4 is 10.1 Å². The van der Waals surface area contributed by atoms with Crippen LogP contribution in [0.4, 0.5) is 5.69 Å². The lowest BCUT2D eigenvalue weighted by atomic mass is 9.72. The van der Waals surface area contributed by atoms with E-state index in [9.17, 15) is 44.9 Å². The molecule has 5 N–H and O–H groups in total. The molecule has 15 heteroatoms. The van der Waals surface area contributed by atoms with Gasteiger partial charge in [0.15, 0.2) is 17.9 Å². The van der Waals surface area contributed by atoms with Crippen LogP contribution in [0, 0.1) is 10.1 Å². The van der Waals surface area contributed by atoms with Crippen LogP contribution in [0.25, 0.3) is 0 Å². The summed E-state index contributed by atoms with van der Waals surface area (Å²) in [4.78, 5) is 50.9. The Balaban J connectivity index is 0.00000281. The molecule has 1 aliphatic heterocycles. The average molecular weight is 715 g/mol. The number of rotatable bonds is 8. The third kappa shape index (κ3) is 6.45. The van der Waals surface area contributed by atoms with Crippen LogP contribution in [0.3, 0.4) is 0 Å². The van der Waals surface area contributed by atoms with E-state index in [4.69, 9.17) is 14.2 Å². The highest BCUT2D eigenvalue weighted by molar-refractivity contribution is 6.31. The first-order chi connectivity index (χ1) is 22.7. The Morgan fingerprint density at radius 1 is 1.10 bits per heavy atom. The number of Topliss-reactive ketones (excluding diaryl/α,β-unsaturated/α-hetero) is 1. The van der Waals surface area contributed by atoms with Crippen molar-refractivity contribution in [3.05, 3.63) is 91.5 Å². The molecule has 3 aliphatic rings. The van der Waals surface area contributed by atoms with Crippen LogP contribution in [-0.2, 0) is 27.2 Å². The SMILES string of the molecule is C.COc1cccc2c1C(=O)c1c(O)c3c(c(O)c1C2=O)C[C@@](O)(C(C)=O)C[C@@H]3OC1CC(NCc2cccc([N+](=O)[O-])c2)C(O)C(C)O1.Cl. The number of nitrogens with zero attached hydrogens (tertiary/aromatic N) is 1. The fraction of sp³-hybridized carbons (Fsp3) is 0.400. The van der Waals surface area contributed by atoms with Crippen LogP contribution >= 0.6 is 12.4 Å². The molecule has 3 aromatic carbocycles. The number of aliphatic hydroxyl groups is 2. The number of ether oxygens (including phenoxy) is 3. The lowest BCUT2D eigenvalue weighted by Gasteiger charge is -2.43. The van der Waals surface area contributed by atoms with Crippen molar-refractivity contribution in [2.24, 2.45) is 0 Å². The zero-order valence-corrected chi connectivity index (χ0v) is 27.5. The van der Waals surface area contributed by atoms with E-state index < -0.39 is 87.6 Å². The van der Waals surface area contributed by atoms with E-state index >= 15 is 0 Å². The molecule has 0 saturated carbocycles. The van der Waals surface area contributed by atoms with Crippen molar-refractivity contribution in [3.8, 4) is 17.2 Å². The fourth-order valence-electron chi connectivity index (χ4n) is 6.86. The molecule has 268 valence electrons. The topological polar surface area (TPSA) is 215 Å².